The van der Waals surface area contributed by atoms with Crippen molar-refractivity contribution in [1.82, 2.24) is 9.80 Å². The minimum Gasteiger partial charge on any atom is -0.383 e. The lowest BCUT2D eigenvalue weighted by Crippen LogP contribution is -2.60. The fraction of sp³-hybridized carbons (Fsp3) is 0.611. The van der Waals surface area contributed by atoms with Crippen LogP contribution >= 0.6 is 24.8 Å². The topological polar surface area (TPSA) is 58.8 Å². The Kier molecular flexibility index (Phi) is 10.6. The van der Waals surface area contributed by atoms with E-state index >= 15 is 0 Å². The molecule has 1 aliphatic rings. The summed E-state index contributed by atoms with van der Waals surface area (Å²) in [5.41, 5.74) is 6.27. The molecule has 1 amide bonds. The lowest BCUT2D eigenvalue weighted by molar-refractivity contribution is -0.140. The Labute approximate surface area is 163 Å². The summed E-state index contributed by atoms with van der Waals surface area (Å²) in [6, 6.07) is 9.99. The first-order valence-electron chi connectivity index (χ1n) is 8.37. The molecular formula is C18H31Cl2N3O2. The number of carbonyl (C=O) groups is 1. The molecule has 25 heavy (non-hydrogen) atoms. The van der Waals surface area contributed by atoms with Gasteiger partial charge in [-0.1, -0.05) is 37.3 Å². The Morgan fingerprint density at radius 2 is 1.92 bits per heavy atom. The molecule has 1 heterocycles. The second-order valence-corrected chi connectivity index (χ2v) is 6.41. The molecule has 2 atom stereocenters. The molecular weight excluding hydrogens is 361 g/mol. The number of amides is 1. The summed E-state index contributed by atoms with van der Waals surface area (Å²) in [7, 11) is 1.72. The van der Waals surface area contributed by atoms with E-state index in [-0.39, 0.29) is 30.7 Å². The largest absolute Gasteiger partial charge is 0.383 e. The first-order chi connectivity index (χ1) is 11.0. The number of benzene rings is 1. The molecule has 5 nitrogen and oxygen atoms in total. The third-order valence-electron chi connectivity index (χ3n) is 4.76. The fourth-order valence-electron chi connectivity index (χ4n) is 3.20. The van der Waals surface area contributed by atoms with Gasteiger partial charge in [-0.15, -0.1) is 24.8 Å². The minimum absolute atomic E-state index is 0. The van der Waals surface area contributed by atoms with Gasteiger partial charge in [-0.25, -0.2) is 0 Å². The molecule has 0 saturated carbocycles. The van der Waals surface area contributed by atoms with Crippen molar-refractivity contribution in [3.63, 3.8) is 0 Å². The van der Waals surface area contributed by atoms with E-state index in [1.54, 1.807) is 7.11 Å². The average molecular weight is 392 g/mol. The standard InChI is InChI=1S/C18H29N3O2.2ClH/c1-4-16-14-21(11-10-20(16)12-13-23-3)17(22)18(2,19)15-8-6-5-7-9-15;;/h5-9,16H,4,10-14,19H2,1-3H3;2*1H. The molecule has 2 N–H and O–H groups in total. The van der Waals surface area contributed by atoms with Crippen LogP contribution in [-0.4, -0.2) is 61.6 Å². The highest BCUT2D eigenvalue weighted by atomic mass is 35.5. The minimum atomic E-state index is -0.978. The smallest absolute Gasteiger partial charge is 0.247 e. The van der Waals surface area contributed by atoms with E-state index in [2.05, 4.69) is 11.8 Å². The van der Waals surface area contributed by atoms with Gasteiger partial charge in [0, 0.05) is 39.3 Å². The molecule has 1 fully saturated rings. The average Bonchev–Trinajstić information content (AvgIpc) is 2.59. The van der Waals surface area contributed by atoms with Crippen LogP contribution in [0.15, 0.2) is 30.3 Å². The van der Waals surface area contributed by atoms with E-state index in [1.165, 1.54) is 0 Å². The van der Waals surface area contributed by atoms with Crippen LogP contribution in [0.4, 0.5) is 0 Å². The van der Waals surface area contributed by atoms with E-state index in [0.717, 1.165) is 44.8 Å². The van der Waals surface area contributed by atoms with Crippen molar-refractivity contribution < 1.29 is 9.53 Å². The zero-order valence-corrected chi connectivity index (χ0v) is 16.9. The van der Waals surface area contributed by atoms with Gasteiger partial charge < -0.3 is 15.4 Å². The first kappa shape index (κ1) is 24.1. The number of hydrogen-bond donors (Lipinski definition) is 1. The number of methoxy groups -OCH3 is 1. The third kappa shape index (κ3) is 5.83. The van der Waals surface area contributed by atoms with E-state index in [0.29, 0.717) is 6.04 Å². The normalized spacial score (nSPS) is 20.2. The lowest BCUT2D eigenvalue weighted by Gasteiger charge is -2.43. The van der Waals surface area contributed by atoms with Gasteiger partial charge in [-0.05, 0) is 18.9 Å². The highest BCUT2D eigenvalue weighted by molar-refractivity contribution is 5.87. The Morgan fingerprint density at radius 1 is 1.28 bits per heavy atom. The summed E-state index contributed by atoms with van der Waals surface area (Å²) < 4.78 is 5.18. The lowest BCUT2D eigenvalue weighted by atomic mass is 9.91. The van der Waals surface area contributed by atoms with Gasteiger partial charge in [0.2, 0.25) is 5.91 Å². The van der Waals surface area contributed by atoms with Gasteiger partial charge >= 0.3 is 0 Å². The van der Waals surface area contributed by atoms with Crippen LogP contribution < -0.4 is 5.73 Å². The van der Waals surface area contributed by atoms with Crippen LogP contribution in [0.25, 0.3) is 0 Å². The van der Waals surface area contributed by atoms with Gasteiger partial charge in [-0.2, -0.15) is 0 Å². The third-order valence-corrected chi connectivity index (χ3v) is 4.76. The second kappa shape index (κ2) is 11.0. The van der Waals surface area contributed by atoms with Crippen LogP contribution in [0.1, 0.15) is 25.8 Å². The van der Waals surface area contributed by atoms with Crippen molar-refractivity contribution in [2.24, 2.45) is 5.73 Å². The quantitative estimate of drug-likeness (QED) is 0.807. The van der Waals surface area contributed by atoms with Crippen molar-refractivity contribution >= 4 is 30.7 Å². The zero-order valence-electron chi connectivity index (χ0n) is 15.3. The van der Waals surface area contributed by atoms with Crippen molar-refractivity contribution in [1.29, 1.82) is 0 Å². The van der Waals surface area contributed by atoms with Crippen LogP contribution in [0.3, 0.4) is 0 Å². The molecule has 1 aromatic rings. The van der Waals surface area contributed by atoms with Crippen LogP contribution in [0.2, 0.25) is 0 Å². The summed E-state index contributed by atoms with van der Waals surface area (Å²) in [5.74, 6) is 0.00791. The highest BCUT2D eigenvalue weighted by Crippen LogP contribution is 2.23. The number of piperazine rings is 1. The molecule has 7 heteroatoms. The van der Waals surface area contributed by atoms with Gasteiger partial charge in [0.1, 0.15) is 5.54 Å². The van der Waals surface area contributed by atoms with Crippen LogP contribution in [-0.2, 0) is 15.1 Å². The fourth-order valence-corrected chi connectivity index (χ4v) is 3.20. The molecule has 1 saturated heterocycles. The Balaban J connectivity index is 0.00000288. The number of hydrogen-bond acceptors (Lipinski definition) is 4. The SMILES string of the molecule is CCC1CN(C(=O)C(C)(N)c2ccccc2)CCN1CCOC.Cl.Cl. The van der Waals surface area contributed by atoms with Gasteiger partial charge in [-0.3, -0.25) is 9.69 Å². The van der Waals surface area contributed by atoms with Gasteiger partial charge in [0.05, 0.1) is 6.61 Å². The maximum Gasteiger partial charge on any atom is 0.247 e. The van der Waals surface area contributed by atoms with Crippen molar-refractivity contribution in [3.8, 4) is 0 Å². The summed E-state index contributed by atoms with van der Waals surface area (Å²) in [4.78, 5) is 17.3. The van der Waals surface area contributed by atoms with E-state index in [1.807, 2.05) is 42.2 Å². The summed E-state index contributed by atoms with van der Waals surface area (Å²) >= 11 is 0. The Hall–Kier alpha value is -0.850. The van der Waals surface area contributed by atoms with Gasteiger partial charge in [0.25, 0.3) is 0 Å². The molecule has 2 unspecified atom stereocenters. The predicted molar refractivity (Wildman–Crippen MR) is 107 cm³/mol. The second-order valence-electron chi connectivity index (χ2n) is 6.41. The number of carbonyl (C=O) groups excluding carboxylic acids is 1. The number of nitrogens with two attached hydrogens (primary N) is 1. The molecule has 0 spiro atoms. The molecule has 144 valence electrons. The summed E-state index contributed by atoms with van der Waals surface area (Å²) in [6.45, 7) is 7.94. The zero-order chi connectivity index (χ0) is 16.9. The first-order valence-corrected chi connectivity index (χ1v) is 8.37. The van der Waals surface area contributed by atoms with Gasteiger partial charge in [0.15, 0.2) is 0 Å². The number of rotatable bonds is 6. The maximum absolute atomic E-state index is 13.0. The molecule has 0 bridgehead atoms. The summed E-state index contributed by atoms with van der Waals surface area (Å²) in [6.07, 6.45) is 1.01. The van der Waals surface area contributed by atoms with E-state index in [4.69, 9.17) is 10.5 Å². The number of ether oxygens (including phenoxy) is 1. The molecule has 0 aliphatic carbocycles. The number of halogens is 2. The van der Waals surface area contributed by atoms with Crippen molar-refractivity contribution in [2.45, 2.75) is 31.8 Å². The molecule has 0 aromatic heterocycles. The predicted octanol–water partition coefficient (Wildman–Crippen LogP) is 2.27. The van der Waals surface area contributed by atoms with Crippen LogP contribution in [0.5, 0.6) is 0 Å². The Bertz CT molecular complexity index is 514. The molecule has 1 aliphatic heterocycles. The van der Waals surface area contributed by atoms with Crippen molar-refractivity contribution in [3.05, 3.63) is 35.9 Å². The highest BCUT2D eigenvalue weighted by Gasteiger charge is 2.37. The maximum atomic E-state index is 13.0. The van der Waals surface area contributed by atoms with Crippen LogP contribution in [0, 0.1) is 0 Å². The van der Waals surface area contributed by atoms with Crippen molar-refractivity contribution in [2.75, 3.05) is 39.9 Å². The Morgan fingerprint density at radius 3 is 2.48 bits per heavy atom. The monoisotopic (exact) mass is 391 g/mol. The molecule has 1 aromatic carbocycles. The molecule has 2 rings (SSSR count). The summed E-state index contributed by atoms with van der Waals surface area (Å²) in [5, 5.41) is 0. The molecule has 0 radical (unpaired) electrons. The van der Waals surface area contributed by atoms with E-state index < -0.39 is 5.54 Å². The number of nitrogens with zero attached hydrogens (tertiary/aromatic N) is 2. The van der Waals surface area contributed by atoms with E-state index in [9.17, 15) is 4.79 Å².